The van der Waals surface area contributed by atoms with Crippen LogP contribution in [0.5, 0.6) is 0 Å². The minimum absolute atomic E-state index is 0.0811. The molecule has 21 heavy (non-hydrogen) atoms. The highest BCUT2D eigenvalue weighted by atomic mass is 35.5. The van der Waals surface area contributed by atoms with Crippen LogP contribution in [0.15, 0.2) is 18.2 Å². The smallest absolute Gasteiger partial charge is 0.307 e. The minimum atomic E-state index is -0.557. The summed E-state index contributed by atoms with van der Waals surface area (Å²) in [4.78, 5) is 25.6. The fraction of sp³-hybridized carbons (Fsp3) is 0.467. The molecule has 1 amide bonds. The molecule has 1 aliphatic heterocycles. The van der Waals surface area contributed by atoms with Gasteiger partial charge < -0.3 is 9.64 Å². The number of methoxy groups -OCH3 is 1. The van der Waals surface area contributed by atoms with Crippen LogP contribution in [0.25, 0.3) is 0 Å². The van der Waals surface area contributed by atoms with E-state index >= 15 is 0 Å². The number of piperidine rings is 1. The molecular weight excluding hydrogens is 297 g/mol. The number of rotatable bonds is 3. The Morgan fingerprint density at radius 2 is 2.19 bits per heavy atom. The number of ether oxygens (including phenoxy) is 1. The van der Waals surface area contributed by atoms with Crippen molar-refractivity contribution in [3.63, 3.8) is 0 Å². The van der Waals surface area contributed by atoms with Gasteiger partial charge in [-0.05, 0) is 37.5 Å². The third-order valence-electron chi connectivity index (χ3n) is 3.68. The van der Waals surface area contributed by atoms with Crippen LogP contribution in [0, 0.1) is 5.82 Å². The maximum Gasteiger partial charge on any atom is 0.307 e. The van der Waals surface area contributed by atoms with Crippen LogP contribution in [0.1, 0.15) is 36.0 Å². The van der Waals surface area contributed by atoms with Gasteiger partial charge in [-0.2, -0.15) is 0 Å². The van der Waals surface area contributed by atoms with Crippen LogP contribution >= 0.6 is 11.6 Å². The van der Waals surface area contributed by atoms with E-state index in [0.29, 0.717) is 12.1 Å². The van der Waals surface area contributed by atoms with E-state index in [2.05, 4.69) is 4.74 Å². The Hall–Kier alpha value is -1.62. The second-order valence-corrected chi connectivity index (χ2v) is 5.46. The van der Waals surface area contributed by atoms with Gasteiger partial charge >= 0.3 is 5.97 Å². The number of hydrogen-bond acceptors (Lipinski definition) is 3. The normalized spacial score (nSPS) is 18.4. The summed E-state index contributed by atoms with van der Waals surface area (Å²) < 4.78 is 17.9. The van der Waals surface area contributed by atoms with E-state index in [9.17, 15) is 14.0 Å². The molecule has 0 aliphatic carbocycles. The molecule has 1 saturated heterocycles. The number of amides is 1. The molecule has 1 unspecified atom stereocenters. The van der Waals surface area contributed by atoms with E-state index in [0.717, 1.165) is 19.3 Å². The SMILES string of the molecule is COC(=O)CC1CCCCN1C(=O)c1ccc(F)c(Cl)c1. The first-order valence-corrected chi connectivity index (χ1v) is 7.23. The van der Waals surface area contributed by atoms with Gasteiger partial charge in [-0.1, -0.05) is 11.6 Å². The molecule has 1 atom stereocenters. The van der Waals surface area contributed by atoms with Crippen molar-refractivity contribution in [3.05, 3.63) is 34.6 Å². The fourth-order valence-corrected chi connectivity index (χ4v) is 2.73. The van der Waals surface area contributed by atoms with Crippen LogP contribution in [-0.2, 0) is 9.53 Å². The van der Waals surface area contributed by atoms with E-state index in [1.807, 2.05) is 0 Å². The van der Waals surface area contributed by atoms with Gasteiger partial charge in [0.05, 0.1) is 18.6 Å². The van der Waals surface area contributed by atoms with Gasteiger partial charge in [0.1, 0.15) is 5.82 Å². The number of benzene rings is 1. The molecule has 0 radical (unpaired) electrons. The van der Waals surface area contributed by atoms with Gasteiger partial charge in [0.2, 0.25) is 0 Å². The molecular formula is C15H17ClFNO3. The highest BCUT2D eigenvalue weighted by Gasteiger charge is 2.29. The van der Waals surface area contributed by atoms with Gasteiger partial charge in [0.25, 0.3) is 5.91 Å². The summed E-state index contributed by atoms with van der Waals surface area (Å²) in [7, 11) is 1.33. The highest BCUT2D eigenvalue weighted by Crippen LogP contribution is 2.24. The third-order valence-corrected chi connectivity index (χ3v) is 3.97. The zero-order chi connectivity index (χ0) is 15.4. The lowest BCUT2D eigenvalue weighted by molar-refractivity contribution is -0.142. The lowest BCUT2D eigenvalue weighted by Gasteiger charge is -2.35. The first kappa shape index (κ1) is 15.8. The Balaban J connectivity index is 2.17. The number of halogens is 2. The fourth-order valence-electron chi connectivity index (χ4n) is 2.55. The van der Waals surface area contributed by atoms with Crippen molar-refractivity contribution in [2.24, 2.45) is 0 Å². The Morgan fingerprint density at radius 1 is 1.43 bits per heavy atom. The molecule has 1 aromatic rings. The lowest BCUT2D eigenvalue weighted by atomic mass is 9.98. The average Bonchev–Trinajstić information content (AvgIpc) is 2.49. The summed E-state index contributed by atoms with van der Waals surface area (Å²) >= 11 is 5.72. The van der Waals surface area contributed by atoms with Gasteiger partial charge in [0, 0.05) is 18.2 Å². The maximum atomic E-state index is 13.2. The van der Waals surface area contributed by atoms with Crippen molar-refractivity contribution in [2.45, 2.75) is 31.7 Å². The lowest BCUT2D eigenvalue weighted by Crippen LogP contribution is -2.44. The molecule has 0 saturated carbocycles. The second kappa shape index (κ2) is 6.89. The highest BCUT2D eigenvalue weighted by molar-refractivity contribution is 6.31. The molecule has 0 aromatic heterocycles. The van der Waals surface area contributed by atoms with Gasteiger partial charge in [0.15, 0.2) is 0 Å². The molecule has 0 spiro atoms. The van der Waals surface area contributed by atoms with Crippen LogP contribution in [0.2, 0.25) is 5.02 Å². The van der Waals surface area contributed by atoms with E-state index < -0.39 is 5.82 Å². The first-order valence-electron chi connectivity index (χ1n) is 6.85. The number of nitrogens with zero attached hydrogens (tertiary/aromatic N) is 1. The minimum Gasteiger partial charge on any atom is -0.469 e. The van der Waals surface area contributed by atoms with E-state index in [1.54, 1.807) is 4.90 Å². The van der Waals surface area contributed by atoms with Gasteiger partial charge in [-0.15, -0.1) is 0 Å². The van der Waals surface area contributed by atoms with Gasteiger partial charge in [-0.3, -0.25) is 9.59 Å². The van der Waals surface area contributed by atoms with Crippen molar-refractivity contribution < 1.29 is 18.7 Å². The molecule has 0 bridgehead atoms. The van der Waals surface area contributed by atoms with E-state index in [1.165, 1.54) is 25.3 Å². The molecule has 0 N–H and O–H groups in total. The Labute approximate surface area is 127 Å². The quantitative estimate of drug-likeness (QED) is 0.806. The summed E-state index contributed by atoms with van der Waals surface area (Å²) in [6.07, 6.45) is 2.79. The summed E-state index contributed by atoms with van der Waals surface area (Å²) in [6, 6.07) is 3.73. The predicted molar refractivity (Wildman–Crippen MR) is 76.7 cm³/mol. The summed E-state index contributed by atoms with van der Waals surface area (Å²) in [5.41, 5.74) is 0.332. The van der Waals surface area contributed by atoms with Crippen molar-refractivity contribution in [1.82, 2.24) is 4.90 Å². The molecule has 1 aromatic carbocycles. The number of hydrogen-bond donors (Lipinski definition) is 0. The van der Waals surface area contributed by atoms with Crippen molar-refractivity contribution in [1.29, 1.82) is 0 Å². The van der Waals surface area contributed by atoms with E-state index in [4.69, 9.17) is 11.6 Å². The zero-order valence-corrected chi connectivity index (χ0v) is 12.5. The molecule has 2 rings (SSSR count). The maximum absolute atomic E-state index is 13.2. The second-order valence-electron chi connectivity index (χ2n) is 5.06. The molecule has 6 heteroatoms. The summed E-state index contributed by atoms with van der Waals surface area (Å²) in [5.74, 6) is -1.12. The summed E-state index contributed by atoms with van der Waals surface area (Å²) in [5, 5.41) is -0.0811. The van der Waals surface area contributed by atoms with Crippen molar-refractivity contribution in [3.8, 4) is 0 Å². The molecule has 4 nitrogen and oxygen atoms in total. The van der Waals surface area contributed by atoms with E-state index in [-0.39, 0.29) is 29.4 Å². The number of carbonyl (C=O) groups excluding carboxylic acids is 2. The zero-order valence-electron chi connectivity index (χ0n) is 11.8. The third kappa shape index (κ3) is 3.73. The Kier molecular flexibility index (Phi) is 5.17. The predicted octanol–water partition coefficient (Wildman–Crippen LogP) is 3.04. The van der Waals surface area contributed by atoms with Crippen LogP contribution in [-0.4, -0.2) is 36.5 Å². The van der Waals surface area contributed by atoms with Crippen LogP contribution in [0.4, 0.5) is 4.39 Å². The topological polar surface area (TPSA) is 46.6 Å². The van der Waals surface area contributed by atoms with Crippen LogP contribution in [0.3, 0.4) is 0 Å². The Bertz CT molecular complexity index is 550. The van der Waals surface area contributed by atoms with Crippen LogP contribution < -0.4 is 0 Å². The monoisotopic (exact) mass is 313 g/mol. The molecule has 1 heterocycles. The molecule has 1 aliphatic rings. The molecule has 1 fully saturated rings. The largest absolute Gasteiger partial charge is 0.469 e. The van der Waals surface area contributed by atoms with Gasteiger partial charge in [-0.25, -0.2) is 4.39 Å². The number of carbonyl (C=O) groups is 2. The standard InChI is InChI=1S/C15H17ClFNO3/c1-21-14(19)9-11-4-2-3-7-18(11)15(20)10-5-6-13(17)12(16)8-10/h5-6,8,11H,2-4,7,9H2,1H3. The molecule has 114 valence electrons. The first-order chi connectivity index (χ1) is 10.0. The number of esters is 1. The average molecular weight is 314 g/mol. The van der Waals surface area contributed by atoms with Crippen molar-refractivity contribution >= 4 is 23.5 Å². The van der Waals surface area contributed by atoms with Crippen molar-refractivity contribution in [2.75, 3.05) is 13.7 Å². The summed E-state index contributed by atoms with van der Waals surface area (Å²) in [6.45, 7) is 0.579. The number of likely N-dealkylation sites (tertiary alicyclic amines) is 1. The Morgan fingerprint density at radius 3 is 2.86 bits per heavy atom.